The zero-order chi connectivity index (χ0) is 33.3. The maximum absolute atomic E-state index is 13.6. The van der Waals surface area contributed by atoms with Gasteiger partial charge in [-0.15, -0.1) is 0 Å². The van der Waals surface area contributed by atoms with Gasteiger partial charge in [-0.25, -0.2) is 0 Å². The lowest BCUT2D eigenvalue weighted by Gasteiger charge is -2.25. The van der Waals surface area contributed by atoms with E-state index in [1.807, 2.05) is 50.2 Å². The van der Waals surface area contributed by atoms with Crippen LogP contribution in [-0.4, -0.2) is 64.4 Å². The van der Waals surface area contributed by atoms with Crippen LogP contribution in [0.1, 0.15) is 53.0 Å². The molecule has 12 heteroatoms. The van der Waals surface area contributed by atoms with Gasteiger partial charge >= 0.3 is 0 Å². The summed E-state index contributed by atoms with van der Waals surface area (Å²) in [5.41, 5.74) is 1.89. The number of benzene rings is 3. The number of para-hydroxylation sites is 1. The quantitative estimate of drug-likeness (QED) is 0.143. The van der Waals surface area contributed by atoms with Crippen molar-refractivity contribution in [2.24, 2.45) is 11.8 Å². The summed E-state index contributed by atoms with van der Waals surface area (Å²) >= 11 is 0. The molecule has 11 nitrogen and oxygen atoms in total. The Morgan fingerprint density at radius 2 is 1.39 bits per heavy atom. The maximum Gasteiger partial charge on any atom is 0.262 e. The molecule has 0 saturated heterocycles. The topological polar surface area (TPSA) is 162 Å². The highest BCUT2D eigenvalue weighted by molar-refractivity contribution is 7.58. The number of hydrogen-bond acceptors (Lipinski definition) is 6. The van der Waals surface area contributed by atoms with Gasteiger partial charge < -0.3 is 20.8 Å². The number of aryl methyl sites for hydroxylation is 1. The summed E-state index contributed by atoms with van der Waals surface area (Å²) < 4.78 is 13.4. The zero-order valence-corrected chi connectivity index (χ0v) is 26.7. The average Bonchev–Trinajstić information content (AvgIpc) is 3.27. The molecular weight excluding hydrogens is 607 g/mol. The highest BCUT2D eigenvalue weighted by atomic mass is 31.2. The van der Waals surface area contributed by atoms with Crippen LogP contribution in [-0.2, 0) is 25.4 Å². The first-order valence-electron chi connectivity index (χ1n) is 15.2. The fourth-order valence-electron chi connectivity index (χ4n) is 5.24. The van der Waals surface area contributed by atoms with Gasteiger partial charge in [0.1, 0.15) is 12.6 Å². The van der Waals surface area contributed by atoms with E-state index in [0.29, 0.717) is 18.5 Å². The summed E-state index contributed by atoms with van der Waals surface area (Å²) in [6.45, 7) is 3.24. The molecule has 0 saturated carbocycles. The minimum absolute atomic E-state index is 0.0657. The van der Waals surface area contributed by atoms with Crippen molar-refractivity contribution in [2.45, 2.75) is 39.2 Å². The number of nitrogens with zero attached hydrogens (tertiary/aromatic N) is 1. The first-order valence-corrected chi connectivity index (χ1v) is 17.2. The van der Waals surface area contributed by atoms with Crippen molar-refractivity contribution in [1.29, 1.82) is 0 Å². The van der Waals surface area contributed by atoms with Gasteiger partial charge in [0.05, 0.1) is 17.4 Å². The smallest absolute Gasteiger partial charge is 0.262 e. The third kappa shape index (κ3) is 9.45. The highest BCUT2D eigenvalue weighted by Crippen LogP contribution is 2.42. The molecule has 0 aliphatic carbocycles. The predicted molar refractivity (Wildman–Crippen MR) is 174 cm³/mol. The molecule has 0 bridgehead atoms. The molecule has 3 aromatic rings. The third-order valence-corrected chi connectivity index (χ3v) is 9.25. The molecule has 3 atom stereocenters. The van der Waals surface area contributed by atoms with Gasteiger partial charge in [-0.1, -0.05) is 74.5 Å². The minimum Gasteiger partial charge on any atom is -0.345 e. The number of rotatable bonds is 15. The molecule has 242 valence electrons. The van der Waals surface area contributed by atoms with Crippen molar-refractivity contribution >= 4 is 42.6 Å². The van der Waals surface area contributed by atoms with Crippen molar-refractivity contribution in [3.63, 3.8) is 0 Å². The lowest BCUT2D eigenvalue weighted by atomic mass is 9.98. The van der Waals surface area contributed by atoms with E-state index >= 15 is 0 Å². The lowest BCUT2D eigenvalue weighted by molar-refractivity contribution is -0.129. The largest absolute Gasteiger partial charge is 0.345 e. The van der Waals surface area contributed by atoms with E-state index in [0.717, 1.165) is 10.5 Å². The van der Waals surface area contributed by atoms with Crippen molar-refractivity contribution < 1.29 is 33.4 Å². The van der Waals surface area contributed by atoms with E-state index in [9.17, 15) is 33.4 Å². The second-order valence-electron chi connectivity index (χ2n) is 11.8. The first-order chi connectivity index (χ1) is 21.9. The van der Waals surface area contributed by atoms with E-state index in [-0.39, 0.29) is 23.5 Å². The zero-order valence-electron chi connectivity index (χ0n) is 25.8. The fraction of sp³-hybridized carbons (Fsp3) is 0.324. The van der Waals surface area contributed by atoms with Crippen LogP contribution in [0, 0.1) is 11.8 Å². The summed E-state index contributed by atoms with van der Waals surface area (Å²) in [7, 11) is -4.14. The van der Waals surface area contributed by atoms with Crippen molar-refractivity contribution in [3.05, 3.63) is 102 Å². The predicted octanol–water partition coefficient (Wildman–Crippen LogP) is 4.05. The molecule has 1 heterocycles. The molecule has 4 N–H and O–H groups in total. The van der Waals surface area contributed by atoms with Gasteiger partial charge in [0, 0.05) is 17.8 Å². The second kappa shape index (κ2) is 15.6. The Bertz CT molecular complexity index is 1580. The molecule has 0 aromatic heterocycles. The molecule has 46 heavy (non-hydrogen) atoms. The van der Waals surface area contributed by atoms with Crippen LogP contribution in [0.3, 0.4) is 0 Å². The van der Waals surface area contributed by atoms with E-state index in [2.05, 4.69) is 16.0 Å². The second-order valence-corrected chi connectivity index (χ2v) is 14.2. The normalized spacial score (nSPS) is 15.1. The number of hydrogen-bond donors (Lipinski definition) is 4. The van der Waals surface area contributed by atoms with Gasteiger partial charge in [-0.2, -0.15) is 0 Å². The van der Waals surface area contributed by atoms with E-state index in [1.165, 1.54) is 12.1 Å². The Hall–Kier alpha value is -4.60. The Morgan fingerprint density at radius 1 is 0.826 bits per heavy atom. The van der Waals surface area contributed by atoms with Crippen LogP contribution in [0.2, 0.25) is 0 Å². The molecule has 0 spiro atoms. The number of carbonyl (C=O) groups is 5. The molecule has 3 aromatic carbocycles. The highest BCUT2D eigenvalue weighted by Gasteiger charge is 2.37. The van der Waals surface area contributed by atoms with Crippen LogP contribution in [0.15, 0.2) is 84.9 Å². The summed E-state index contributed by atoms with van der Waals surface area (Å²) in [5, 5.41) is 7.98. The Morgan fingerprint density at radius 3 is 1.98 bits per heavy atom. The number of imide groups is 1. The monoisotopic (exact) mass is 646 g/mol. The first kappa shape index (κ1) is 34.3. The molecule has 1 aliphatic heterocycles. The molecule has 0 radical (unpaired) electrons. The van der Waals surface area contributed by atoms with Crippen molar-refractivity contribution in [1.82, 2.24) is 15.5 Å². The number of fused-ring (bicyclic) bond motifs is 1. The van der Waals surface area contributed by atoms with Crippen LogP contribution >= 0.6 is 7.37 Å². The van der Waals surface area contributed by atoms with Crippen LogP contribution in [0.5, 0.6) is 0 Å². The summed E-state index contributed by atoms with van der Waals surface area (Å²) in [5.74, 6) is -3.86. The lowest BCUT2D eigenvalue weighted by Crippen LogP contribution is -2.47. The summed E-state index contributed by atoms with van der Waals surface area (Å²) in [6, 6.07) is 23.5. The number of carbonyl (C=O) groups excluding carboxylic acids is 5. The standard InChI is InChI=1S/C34H39N4O7P/c1-23(2)19-29(32(41)36-26-13-7-4-8-14-26)37-31(40)25(18-17-24-11-5-3-6-12-24)21-46(44,45)22-35-30(39)20-38-33(42)27-15-9-10-16-28(27)34(38)43/h3-16,23,25,29H,17-22H2,1-2H3,(H,35,39)(H,36,41)(H,37,40)(H,44,45)/t25-,29+/m1/s1. The molecule has 4 rings (SSSR count). The van der Waals surface area contributed by atoms with E-state index in [4.69, 9.17) is 0 Å². The van der Waals surface area contributed by atoms with Gasteiger partial charge in [0.25, 0.3) is 11.8 Å². The SMILES string of the molecule is CC(C)C[C@H](NC(=O)[C@H](CCc1ccccc1)CP(=O)(O)CNC(=O)CN1C(=O)c2ccccc2C1=O)C(=O)Nc1ccccc1. The number of nitrogens with one attached hydrogen (secondary N) is 3. The van der Waals surface area contributed by atoms with Crippen LogP contribution < -0.4 is 16.0 Å². The van der Waals surface area contributed by atoms with E-state index in [1.54, 1.807) is 36.4 Å². The number of amides is 5. The Labute approximate surface area is 268 Å². The summed E-state index contributed by atoms with van der Waals surface area (Å²) in [6.07, 6.45) is -0.101. The van der Waals surface area contributed by atoms with Crippen molar-refractivity contribution in [2.75, 3.05) is 24.3 Å². The molecular formula is C34H39N4O7P. The average molecular weight is 647 g/mol. The van der Waals surface area contributed by atoms with Gasteiger partial charge in [-0.3, -0.25) is 33.4 Å². The van der Waals surface area contributed by atoms with E-state index < -0.39 is 67.9 Å². The van der Waals surface area contributed by atoms with Gasteiger partial charge in [0.2, 0.25) is 25.1 Å². The molecule has 1 aliphatic rings. The minimum atomic E-state index is -4.14. The van der Waals surface area contributed by atoms with Crippen LogP contribution in [0.4, 0.5) is 5.69 Å². The molecule has 1 unspecified atom stereocenters. The van der Waals surface area contributed by atoms with Gasteiger partial charge in [0.15, 0.2) is 0 Å². The fourth-order valence-corrected chi connectivity index (χ4v) is 6.83. The maximum atomic E-state index is 13.6. The van der Waals surface area contributed by atoms with Gasteiger partial charge in [-0.05, 0) is 55.0 Å². The van der Waals surface area contributed by atoms with Crippen LogP contribution in [0.25, 0.3) is 0 Å². The Balaban J connectivity index is 1.42. The number of anilines is 1. The third-order valence-electron chi connectivity index (χ3n) is 7.59. The molecule has 5 amide bonds. The Kier molecular flexibility index (Phi) is 11.6. The molecule has 0 fully saturated rings. The summed E-state index contributed by atoms with van der Waals surface area (Å²) in [4.78, 5) is 76.4. The van der Waals surface area contributed by atoms with Crippen molar-refractivity contribution in [3.8, 4) is 0 Å².